The number of nitrogens with zero attached hydrogens (tertiary/aromatic N) is 7. The number of rotatable bonds is 3. The maximum atomic E-state index is 14.4. The lowest BCUT2D eigenvalue weighted by atomic mass is 10.1. The quantitative estimate of drug-likeness (QED) is 0.694. The van der Waals surface area contributed by atoms with Crippen LogP contribution in [0.4, 0.5) is 16.2 Å². The summed E-state index contributed by atoms with van der Waals surface area (Å²) in [6, 6.07) is 2.99. The molecule has 0 amide bonds. The summed E-state index contributed by atoms with van der Waals surface area (Å²) in [7, 11) is 0. The predicted molar refractivity (Wildman–Crippen MR) is 113 cm³/mol. The first-order valence-electron chi connectivity index (χ1n) is 10.0. The van der Waals surface area contributed by atoms with E-state index in [1.54, 1.807) is 0 Å². The molecule has 0 bridgehead atoms. The van der Waals surface area contributed by atoms with Gasteiger partial charge in [-0.05, 0) is 37.8 Å². The molecule has 1 aliphatic heterocycles. The van der Waals surface area contributed by atoms with Crippen LogP contribution in [0, 0.1) is 17.1 Å². The van der Waals surface area contributed by atoms with Crippen molar-refractivity contribution in [2.75, 3.05) is 17.2 Å². The first-order chi connectivity index (χ1) is 15.1. The minimum Gasteiger partial charge on any atom is -0.368 e. The van der Waals surface area contributed by atoms with Crippen LogP contribution < -0.4 is 16.2 Å². The smallest absolute Gasteiger partial charge is 0.285 e. The molecule has 4 heterocycles. The molecule has 2 aliphatic rings. The number of nitrogen functional groups attached to an aromatic ring is 1. The van der Waals surface area contributed by atoms with Crippen molar-refractivity contribution in [2.45, 2.75) is 31.7 Å². The molecule has 10 heteroatoms. The van der Waals surface area contributed by atoms with E-state index < -0.39 is 11.4 Å². The fraction of sp³-hybridized carbons (Fsp3) is 0.286. The number of nitrogens with two attached hydrogens (primary N) is 1. The number of fused-ring (bicyclic) bond motifs is 1. The van der Waals surface area contributed by atoms with Crippen LogP contribution in [-0.4, -0.2) is 30.7 Å². The summed E-state index contributed by atoms with van der Waals surface area (Å²) in [5.74, 6) is 0.317. The molecular formula is C21H19FN8O. The molecule has 0 spiro atoms. The Morgan fingerprint density at radius 3 is 2.97 bits per heavy atom. The van der Waals surface area contributed by atoms with E-state index in [4.69, 9.17) is 5.73 Å². The SMILES string of the molecule is N#Cc1cnc(N)nc1N1CCC[C@H]1c1nn2ccc(F)c2c(=O)n1C1=CCCC=C1. The van der Waals surface area contributed by atoms with E-state index in [0.29, 0.717) is 35.9 Å². The third-order valence-electron chi connectivity index (χ3n) is 5.63. The Bertz CT molecular complexity index is 1350. The van der Waals surface area contributed by atoms with Gasteiger partial charge < -0.3 is 10.6 Å². The second-order valence-corrected chi connectivity index (χ2v) is 7.49. The van der Waals surface area contributed by atoms with Crippen LogP contribution in [0.15, 0.2) is 41.5 Å². The van der Waals surface area contributed by atoms with Crippen LogP contribution in [0.5, 0.6) is 0 Å². The van der Waals surface area contributed by atoms with Gasteiger partial charge >= 0.3 is 0 Å². The van der Waals surface area contributed by atoms with E-state index in [1.807, 2.05) is 23.1 Å². The zero-order valence-electron chi connectivity index (χ0n) is 16.6. The molecule has 0 radical (unpaired) electrons. The van der Waals surface area contributed by atoms with Crippen molar-refractivity contribution in [1.82, 2.24) is 24.1 Å². The molecule has 31 heavy (non-hydrogen) atoms. The number of aromatic nitrogens is 5. The first kappa shape index (κ1) is 19.0. The van der Waals surface area contributed by atoms with Crippen LogP contribution in [0.25, 0.3) is 11.2 Å². The molecule has 0 unspecified atom stereocenters. The molecule has 1 atom stereocenters. The number of allylic oxidation sites excluding steroid dienone is 4. The number of nitriles is 1. The third-order valence-corrected chi connectivity index (χ3v) is 5.63. The van der Waals surface area contributed by atoms with Crippen molar-refractivity contribution in [3.05, 3.63) is 64.2 Å². The van der Waals surface area contributed by atoms with Gasteiger partial charge in [0.25, 0.3) is 5.56 Å². The van der Waals surface area contributed by atoms with Crippen molar-refractivity contribution >= 4 is 23.0 Å². The number of hydrogen-bond donors (Lipinski definition) is 1. The van der Waals surface area contributed by atoms with Crippen molar-refractivity contribution in [3.63, 3.8) is 0 Å². The van der Waals surface area contributed by atoms with Gasteiger partial charge in [0.05, 0.1) is 12.2 Å². The van der Waals surface area contributed by atoms with E-state index in [2.05, 4.69) is 21.1 Å². The Labute approximate surface area is 176 Å². The monoisotopic (exact) mass is 418 g/mol. The topological polar surface area (TPSA) is 118 Å². The molecule has 9 nitrogen and oxygen atoms in total. The van der Waals surface area contributed by atoms with Gasteiger partial charge in [0.1, 0.15) is 11.6 Å². The van der Waals surface area contributed by atoms with E-state index in [1.165, 1.54) is 27.5 Å². The Morgan fingerprint density at radius 1 is 1.32 bits per heavy atom. The van der Waals surface area contributed by atoms with Crippen molar-refractivity contribution in [1.29, 1.82) is 5.26 Å². The maximum Gasteiger partial charge on any atom is 0.285 e. The van der Waals surface area contributed by atoms with E-state index in [0.717, 1.165) is 19.3 Å². The van der Waals surface area contributed by atoms with E-state index in [-0.39, 0.29) is 17.5 Å². The van der Waals surface area contributed by atoms with Crippen LogP contribution in [0.3, 0.4) is 0 Å². The van der Waals surface area contributed by atoms with E-state index in [9.17, 15) is 14.4 Å². The summed E-state index contributed by atoms with van der Waals surface area (Å²) in [5, 5.41) is 14.2. The summed E-state index contributed by atoms with van der Waals surface area (Å²) in [6.45, 7) is 0.610. The zero-order valence-corrected chi connectivity index (χ0v) is 16.6. The van der Waals surface area contributed by atoms with Crippen molar-refractivity contribution < 1.29 is 4.39 Å². The lowest BCUT2D eigenvalue weighted by Crippen LogP contribution is -2.34. The van der Waals surface area contributed by atoms with Crippen LogP contribution >= 0.6 is 0 Å². The van der Waals surface area contributed by atoms with Gasteiger partial charge in [-0.3, -0.25) is 9.36 Å². The average molecular weight is 418 g/mol. The fourth-order valence-electron chi connectivity index (χ4n) is 4.25. The van der Waals surface area contributed by atoms with Crippen molar-refractivity contribution in [3.8, 4) is 6.07 Å². The molecule has 1 fully saturated rings. The Kier molecular flexibility index (Phi) is 4.51. The lowest BCUT2D eigenvalue weighted by Gasteiger charge is -2.28. The van der Waals surface area contributed by atoms with Gasteiger partial charge in [-0.2, -0.15) is 15.3 Å². The number of halogens is 1. The highest BCUT2D eigenvalue weighted by atomic mass is 19.1. The van der Waals surface area contributed by atoms with Gasteiger partial charge in [0, 0.05) is 18.4 Å². The molecule has 0 aromatic carbocycles. The highest BCUT2D eigenvalue weighted by molar-refractivity contribution is 5.63. The zero-order chi connectivity index (χ0) is 21.5. The molecule has 5 rings (SSSR count). The fourth-order valence-corrected chi connectivity index (χ4v) is 4.25. The summed E-state index contributed by atoms with van der Waals surface area (Å²) in [4.78, 5) is 23.5. The Morgan fingerprint density at radius 2 is 2.19 bits per heavy atom. The predicted octanol–water partition coefficient (Wildman–Crippen LogP) is 2.41. The second-order valence-electron chi connectivity index (χ2n) is 7.49. The van der Waals surface area contributed by atoms with Crippen LogP contribution in [0.1, 0.15) is 43.1 Å². The highest BCUT2D eigenvalue weighted by Gasteiger charge is 2.34. The summed E-state index contributed by atoms with van der Waals surface area (Å²) >= 11 is 0. The Hall–Kier alpha value is -4.00. The van der Waals surface area contributed by atoms with Crippen molar-refractivity contribution in [2.24, 2.45) is 0 Å². The van der Waals surface area contributed by atoms with Gasteiger partial charge in [0.2, 0.25) is 5.95 Å². The molecule has 1 saturated heterocycles. The first-order valence-corrected chi connectivity index (χ1v) is 10.0. The van der Waals surface area contributed by atoms with Gasteiger partial charge in [-0.25, -0.2) is 13.9 Å². The minimum atomic E-state index is -0.614. The average Bonchev–Trinajstić information content (AvgIpc) is 3.41. The third kappa shape index (κ3) is 3.06. The van der Waals surface area contributed by atoms with Crippen LogP contribution in [0.2, 0.25) is 0 Å². The van der Waals surface area contributed by atoms with Gasteiger partial charge in [0.15, 0.2) is 23.0 Å². The molecular weight excluding hydrogens is 399 g/mol. The summed E-state index contributed by atoms with van der Waals surface area (Å²) < 4.78 is 17.1. The minimum absolute atomic E-state index is 0.0610. The molecule has 2 N–H and O–H groups in total. The standard InChI is InChI=1S/C21H19FN8O/c22-15-8-10-29-17(15)20(31)30(14-5-2-1-3-6-14)19(27-29)16-7-4-9-28(16)18-13(11-23)12-25-21(24)26-18/h2,5-6,8,10,12,16H,1,3-4,7,9H2,(H2,24,25,26)/t16-/m0/s1. The summed E-state index contributed by atoms with van der Waals surface area (Å²) in [6.07, 6.45) is 11.8. The highest BCUT2D eigenvalue weighted by Crippen LogP contribution is 2.36. The normalized spacial score (nSPS) is 18.4. The molecule has 1 aliphatic carbocycles. The lowest BCUT2D eigenvalue weighted by molar-refractivity contribution is 0.596. The number of anilines is 2. The largest absolute Gasteiger partial charge is 0.368 e. The molecule has 3 aromatic heterocycles. The van der Waals surface area contributed by atoms with Gasteiger partial charge in [-0.1, -0.05) is 12.2 Å². The van der Waals surface area contributed by atoms with Gasteiger partial charge in [-0.15, -0.1) is 0 Å². The Balaban J connectivity index is 1.74. The number of hydrogen-bond acceptors (Lipinski definition) is 7. The second kappa shape index (κ2) is 7.36. The summed E-state index contributed by atoms with van der Waals surface area (Å²) in [5.41, 5.74) is 6.17. The maximum absolute atomic E-state index is 14.4. The molecule has 156 valence electrons. The molecule has 3 aromatic rings. The molecule has 0 saturated carbocycles. The van der Waals surface area contributed by atoms with Crippen LogP contribution in [-0.2, 0) is 0 Å². The van der Waals surface area contributed by atoms with E-state index >= 15 is 0 Å².